The molecule has 0 aliphatic carbocycles. The van der Waals surface area contributed by atoms with Gasteiger partial charge in [-0.3, -0.25) is 4.90 Å². The molecule has 0 bridgehead atoms. The molecule has 6 heteroatoms. The van der Waals surface area contributed by atoms with Gasteiger partial charge in [0.1, 0.15) is 9.73 Å². The lowest BCUT2D eigenvalue weighted by atomic mass is 10.3. The summed E-state index contributed by atoms with van der Waals surface area (Å²) < 4.78 is 18.6. The number of benzene rings is 2. The third kappa shape index (κ3) is 4.00. The van der Waals surface area contributed by atoms with E-state index in [2.05, 4.69) is 28.1 Å². The second-order valence-electron chi connectivity index (χ2n) is 6.35. The van der Waals surface area contributed by atoms with Crippen molar-refractivity contribution in [2.24, 2.45) is 9.36 Å². The van der Waals surface area contributed by atoms with Crippen LogP contribution in [0.2, 0.25) is 5.02 Å². The molecule has 3 rings (SSSR count). The lowest BCUT2D eigenvalue weighted by Gasteiger charge is -2.23. The topological polar surface area (TPSA) is 45.0 Å². The summed E-state index contributed by atoms with van der Waals surface area (Å²) in [6.07, 6.45) is 2.13. The largest absolute Gasteiger partial charge is 0.296 e. The highest BCUT2D eigenvalue weighted by molar-refractivity contribution is 7.94. The van der Waals surface area contributed by atoms with Crippen LogP contribution in [0, 0.1) is 0 Å². The Bertz CT molecular complexity index is 912. The van der Waals surface area contributed by atoms with Gasteiger partial charge in [-0.05, 0) is 56.3 Å². The molecule has 2 aromatic rings. The first-order valence-corrected chi connectivity index (χ1v) is 10.9. The number of hydrogen-bond acceptors (Lipinski definition) is 4. The molecule has 0 fully saturated rings. The van der Waals surface area contributed by atoms with Gasteiger partial charge in [0.2, 0.25) is 0 Å². The third-order valence-corrected chi connectivity index (χ3v) is 6.75. The summed E-state index contributed by atoms with van der Waals surface area (Å²) in [5, 5.41) is 0.542. The van der Waals surface area contributed by atoms with Crippen LogP contribution in [0.5, 0.6) is 0 Å². The van der Waals surface area contributed by atoms with E-state index in [1.165, 1.54) is 0 Å². The standard InChI is InChI=1S/C20H24ClN3OS/c1-3-12-24(13-4-2)15-20-22-18-11-10-16(21)14-19(18)26(25,23-20)17-8-6-5-7-9-17/h5-11,14H,3-4,12-13,15H2,1-2H3. The molecule has 138 valence electrons. The lowest BCUT2D eigenvalue weighted by Crippen LogP contribution is -2.31. The van der Waals surface area contributed by atoms with E-state index in [1.807, 2.05) is 36.4 Å². The van der Waals surface area contributed by atoms with Crippen LogP contribution in [0.1, 0.15) is 26.7 Å². The molecule has 0 amide bonds. The molecule has 1 atom stereocenters. The van der Waals surface area contributed by atoms with Crippen molar-refractivity contribution in [2.75, 3.05) is 19.6 Å². The highest BCUT2D eigenvalue weighted by atomic mass is 35.5. The number of amidine groups is 1. The molecule has 1 aliphatic rings. The van der Waals surface area contributed by atoms with Gasteiger partial charge in [-0.1, -0.05) is 43.6 Å². The number of fused-ring (bicyclic) bond motifs is 1. The summed E-state index contributed by atoms with van der Waals surface area (Å²) in [4.78, 5) is 8.28. The van der Waals surface area contributed by atoms with Gasteiger partial charge in [0, 0.05) is 5.02 Å². The van der Waals surface area contributed by atoms with Crippen molar-refractivity contribution in [1.29, 1.82) is 0 Å². The molecule has 0 aromatic heterocycles. The first kappa shape index (κ1) is 19.1. The summed E-state index contributed by atoms with van der Waals surface area (Å²) in [6, 6.07) is 14.7. The molecule has 2 aromatic carbocycles. The quantitative estimate of drug-likeness (QED) is 0.637. The fraction of sp³-hybridized carbons (Fsp3) is 0.350. The van der Waals surface area contributed by atoms with Crippen LogP contribution >= 0.6 is 11.6 Å². The summed E-state index contributed by atoms with van der Waals surface area (Å²) in [5.74, 6) is 0.621. The molecule has 1 unspecified atom stereocenters. The fourth-order valence-corrected chi connectivity index (χ4v) is 5.41. The van der Waals surface area contributed by atoms with E-state index in [9.17, 15) is 4.21 Å². The van der Waals surface area contributed by atoms with Crippen LogP contribution in [0.3, 0.4) is 0 Å². The normalized spacial score (nSPS) is 19.0. The molecular weight excluding hydrogens is 366 g/mol. The van der Waals surface area contributed by atoms with E-state index in [4.69, 9.17) is 11.6 Å². The van der Waals surface area contributed by atoms with Crippen LogP contribution < -0.4 is 0 Å². The number of nitrogens with zero attached hydrogens (tertiary/aromatic N) is 3. The maximum Gasteiger partial charge on any atom is 0.153 e. The third-order valence-electron chi connectivity index (χ3n) is 4.21. The number of aliphatic imine (C=N–C) groups is 1. The molecule has 0 saturated heterocycles. The van der Waals surface area contributed by atoms with E-state index >= 15 is 0 Å². The SMILES string of the molecule is CCCN(CCC)CC1=Nc2ccc(Cl)cc2S(=O)(c2ccccc2)=N1. The molecule has 1 heterocycles. The van der Waals surface area contributed by atoms with E-state index in [0.717, 1.165) is 25.9 Å². The highest BCUT2D eigenvalue weighted by Gasteiger charge is 2.25. The zero-order valence-electron chi connectivity index (χ0n) is 15.2. The Hall–Kier alpha value is -1.69. The Morgan fingerprint density at radius 2 is 1.73 bits per heavy atom. The maximum absolute atomic E-state index is 14.0. The number of hydrogen-bond donors (Lipinski definition) is 0. The van der Waals surface area contributed by atoms with Gasteiger partial charge in [-0.15, -0.1) is 0 Å². The first-order valence-electron chi connectivity index (χ1n) is 8.98. The van der Waals surface area contributed by atoms with E-state index in [1.54, 1.807) is 12.1 Å². The van der Waals surface area contributed by atoms with Gasteiger partial charge in [-0.25, -0.2) is 9.20 Å². The molecule has 26 heavy (non-hydrogen) atoms. The Labute approximate surface area is 161 Å². The van der Waals surface area contributed by atoms with Crippen molar-refractivity contribution in [2.45, 2.75) is 36.5 Å². The minimum Gasteiger partial charge on any atom is -0.296 e. The zero-order valence-corrected chi connectivity index (χ0v) is 16.8. The smallest absolute Gasteiger partial charge is 0.153 e. The number of halogens is 1. The second kappa shape index (κ2) is 8.33. The fourth-order valence-electron chi connectivity index (χ4n) is 3.11. The molecule has 1 aliphatic heterocycles. The Morgan fingerprint density at radius 3 is 2.38 bits per heavy atom. The molecule has 4 nitrogen and oxygen atoms in total. The summed E-state index contributed by atoms with van der Waals surface area (Å²) >= 11 is 6.17. The van der Waals surface area contributed by atoms with Crippen LogP contribution in [0.25, 0.3) is 0 Å². The Kier molecular flexibility index (Phi) is 6.12. The molecular formula is C20H24ClN3OS. The zero-order chi connectivity index (χ0) is 18.6. The van der Waals surface area contributed by atoms with Gasteiger partial charge in [0.25, 0.3) is 0 Å². The van der Waals surface area contributed by atoms with Crippen LogP contribution in [0.15, 0.2) is 67.7 Å². The van der Waals surface area contributed by atoms with Crippen molar-refractivity contribution in [1.82, 2.24) is 4.90 Å². The first-order chi connectivity index (χ1) is 12.6. The molecule has 0 N–H and O–H groups in total. The second-order valence-corrected chi connectivity index (χ2v) is 8.93. The summed E-state index contributed by atoms with van der Waals surface area (Å²) in [7, 11) is -2.79. The predicted octanol–water partition coefficient (Wildman–Crippen LogP) is 5.39. The van der Waals surface area contributed by atoms with Gasteiger partial charge in [-0.2, -0.15) is 4.36 Å². The molecule has 0 saturated carbocycles. The van der Waals surface area contributed by atoms with Gasteiger partial charge >= 0.3 is 0 Å². The van der Waals surface area contributed by atoms with Crippen molar-refractivity contribution in [3.8, 4) is 0 Å². The summed E-state index contributed by atoms with van der Waals surface area (Å²) in [5.41, 5.74) is 0.696. The van der Waals surface area contributed by atoms with Crippen molar-refractivity contribution in [3.63, 3.8) is 0 Å². The predicted molar refractivity (Wildman–Crippen MR) is 109 cm³/mol. The lowest BCUT2D eigenvalue weighted by molar-refractivity contribution is 0.311. The number of rotatable bonds is 7. The van der Waals surface area contributed by atoms with E-state index < -0.39 is 9.73 Å². The van der Waals surface area contributed by atoms with E-state index in [-0.39, 0.29) is 0 Å². The maximum atomic E-state index is 14.0. The minimum atomic E-state index is -2.79. The molecule has 0 spiro atoms. The van der Waals surface area contributed by atoms with Gasteiger partial charge in [0.05, 0.1) is 22.0 Å². The van der Waals surface area contributed by atoms with Gasteiger partial charge in [0.15, 0.2) is 5.84 Å². The molecule has 0 radical (unpaired) electrons. The summed E-state index contributed by atoms with van der Waals surface area (Å²) in [6.45, 7) is 6.87. The van der Waals surface area contributed by atoms with E-state index in [0.29, 0.717) is 32.9 Å². The average Bonchev–Trinajstić information content (AvgIpc) is 2.64. The van der Waals surface area contributed by atoms with Gasteiger partial charge < -0.3 is 0 Å². The van der Waals surface area contributed by atoms with Crippen LogP contribution in [-0.4, -0.2) is 34.6 Å². The van der Waals surface area contributed by atoms with Crippen molar-refractivity contribution >= 4 is 32.9 Å². The highest BCUT2D eigenvalue weighted by Crippen LogP contribution is 2.36. The minimum absolute atomic E-state index is 0.542. The Balaban J connectivity index is 2.10. The van der Waals surface area contributed by atoms with Crippen LogP contribution in [0.4, 0.5) is 5.69 Å². The van der Waals surface area contributed by atoms with Crippen molar-refractivity contribution < 1.29 is 4.21 Å². The monoisotopic (exact) mass is 389 g/mol. The van der Waals surface area contributed by atoms with Crippen LogP contribution in [-0.2, 0) is 9.73 Å². The Morgan fingerprint density at radius 1 is 1.04 bits per heavy atom. The average molecular weight is 390 g/mol. The van der Waals surface area contributed by atoms with Crippen molar-refractivity contribution in [3.05, 3.63) is 53.6 Å².